The van der Waals surface area contributed by atoms with Gasteiger partial charge in [0, 0.05) is 22.1 Å². The molecule has 0 aliphatic carbocycles. The van der Waals surface area contributed by atoms with Gasteiger partial charge in [0.25, 0.3) is 15.0 Å². The molecule has 0 unspecified atom stereocenters. The normalized spacial score (nSPS) is 12.1. The highest BCUT2D eigenvalue weighted by Crippen LogP contribution is 2.33. The van der Waals surface area contributed by atoms with Gasteiger partial charge in [0.15, 0.2) is 5.15 Å². The van der Waals surface area contributed by atoms with Crippen LogP contribution in [-0.4, -0.2) is 28.2 Å². The maximum absolute atomic E-state index is 11.7. The molecule has 0 aliphatic heterocycles. The van der Waals surface area contributed by atoms with Crippen LogP contribution < -0.4 is 0 Å². The lowest BCUT2D eigenvalue weighted by Crippen LogP contribution is -2.06. The topological polar surface area (TPSA) is 77.7 Å². The Morgan fingerprint density at radius 2 is 1.71 bits per heavy atom. The van der Waals surface area contributed by atoms with Gasteiger partial charge in [0.2, 0.25) is 0 Å². The van der Waals surface area contributed by atoms with Crippen LogP contribution in [0.3, 0.4) is 0 Å². The van der Waals surface area contributed by atoms with E-state index in [1.807, 2.05) is 0 Å². The van der Waals surface area contributed by atoms with Crippen LogP contribution in [0, 0.1) is 13.8 Å². The molecule has 0 amide bonds. The summed E-state index contributed by atoms with van der Waals surface area (Å²) >= 11 is 6.15. The summed E-state index contributed by atoms with van der Waals surface area (Å²) in [5.74, 6) is 0.0455. The quantitative estimate of drug-likeness (QED) is 0.796. The van der Waals surface area contributed by atoms with Crippen molar-refractivity contribution in [1.82, 2.24) is 19.7 Å². The fourth-order valence-electron chi connectivity index (χ4n) is 1.94. The van der Waals surface area contributed by atoms with E-state index in [9.17, 15) is 8.42 Å². The molecule has 0 aliphatic rings. The summed E-state index contributed by atoms with van der Waals surface area (Å²) in [4.78, 5) is 8.26. The predicted molar refractivity (Wildman–Crippen MR) is 80.8 cm³/mol. The number of rotatable bonds is 3. The second-order valence-electron chi connectivity index (χ2n) is 4.96. The lowest BCUT2D eigenvalue weighted by molar-refractivity contribution is 0.607. The van der Waals surface area contributed by atoms with Gasteiger partial charge >= 0.3 is 0 Å². The van der Waals surface area contributed by atoms with Gasteiger partial charge in [-0.25, -0.2) is 18.4 Å². The minimum atomic E-state index is -4.02. The van der Waals surface area contributed by atoms with Crippen LogP contribution >= 0.6 is 22.3 Å². The number of aryl methyl sites for hydroxylation is 2. The third-order valence-electron chi connectivity index (χ3n) is 2.76. The summed E-state index contributed by atoms with van der Waals surface area (Å²) < 4.78 is 24.7. The molecule has 0 bridgehead atoms. The van der Waals surface area contributed by atoms with Crippen molar-refractivity contribution in [2.75, 3.05) is 0 Å². The number of halogens is 2. The molecule has 0 atom stereocenters. The van der Waals surface area contributed by atoms with E-state index in [2.05, 4.69) is 15.1 Å². The van der Waals surface area contributed by atoms with E-state index in [1.54, 1.807) is 33.8 Å². The molecular formula is C12H14Cl2N4O2S. The molecule has 0 radical (unpaired) electrons. The van der Waals surface area contributed by atoms with Gasteiger partial charge in [0.1, 0.15) is 4.90 Å². The molecule has 2 aromatic rings. The van der Waals surface area contributed by atoms with Crippen molar-refractivity contribution in [3.8, 4) is 5.95 Å². The SMILES string of the molecule is Cc1cc(C)nc(-n2nc(C(C)C)c(S(=O)(=O)Cl)c2Cl)n1. The summed E-state index contributed by atoms with van der Waals surface area (Å²) in [6.45, 7) is 7.21. The van der Waals surface area contributed by atoms with Crippen LogP contribution in [0.15, 0.2) is 11.0 Å². The molecule has 0 saturated heterocycles. The Balaban J connectivity index is 2.77. The van der Waals surface area contributed by atoms with Crippen molar-refractivity contribution >= 4 is 31.3 Å². The van der Waals surface area contributed by atoms with Crippen molar-refractivity contribution in [1.29, 1.82) is 0 Å². The van der Waals surface area contributed by atoms with Crippen molar-refractivity contribution in [3.05, 3.63) is 28.3 Å². The van der Waals surface area contributed by atoms with Crippen LogP contribution in [0.1, 0.15) is 36.8 Å². The zero-order chi connectivity index (χ0) is 15.9. The molecule has 0 N–H and O–H groups in total. The standard InChI is InChI=1S/C12H14Cl2N4O2S/c1-6(2)9-10(21(14,19)20)11(13)18(17-9)12-15-7(3)5-8(4)16-12/h5-6H,1-4H3. The minimum absolute atomic E-state index is 0.112. The summed E-state index contributed by atoms with van der Waals surface area (Å²) in [5, 5.41) is 4.11. The minimum Gasteiger partial charge on any atom is -0.216 e. The first kappa shape index (κ1) is 16.2. The molecule has 114 valence electrons. The van der Waals surface area contributed by atoms with Crippen LogP contribution in [0.5, 0.6) is 0 Å². The third kappa shape index (κ3) is 3.20. The molecule has 0 spiro atoms. The lowest BCUT2D eigenvalue weighted by Gasteiger charge is -2.03. The molecule has 21 heavy (non-hydrogen) atoms. The molecule has 2 rings (SSSR count). The van der Waals surface area contributed by atoms with E-state index in [0.29, 0.717) is 0 Å². The molecule has 0 aromatic carbocycles. The number of nitrogens with zero attached hydrogens (tertiary/aromatic N) is 4. The van der Waals surface area contributed by atoms with Gasteiger partial charge in [-0.3, -0.25) is 0 Å². The zero-order valence-corrected chi connectivity index (χ0v) is 14.3. The molecular weight excluding hydrogens is 335 g/mol. The average molecular weight is 349 g/mol. The van der Waals surface area contributed by atoms with Crippen molar-refractivity contribution in [2.24, 2.45) is 0 Å². The largest absolute Gasteiger partial charge is 0.266 e. The second-order valence-corrected chi connectivity index (χ2v) is 7.82. The van der Waals surface area contributed by atoms with E-state index >= 15 is 0 Å². The van der Waals surface area contributed by atoms with Gasteiger partial charge < -0.3 is 0 Å². The second kappa shape index (κ2) is 5.55. The number of aromatic nitrogens is 4. The first-order valence-electron chi connectivity index (χ1n) is 6.17. The maximum atomic E-state index is 11.7. The van der Waals surface area contributed by atoms with Gasteiger partial charge in [0.05, 0.1) is 5.69 Å². The molecule has 2 heterocycles. The number of hydrogen-bond acceptors (Lipinski definition) is 5. The Morgan fingerprint density at radius 1 is 1.19 bits per heavy atom. The monoisotopic (exact) mass is 348 g/mol. The number of hydrogen-bond donors (Lipinski definition) is 0. The van der Waals surface area contributed by atoms with E-state index in [1.165, 1.54) is 4.68 Å². The molecule has 0 fully saturated rings. The Labute approximate surface area is 132 Å². The lowest BCUT2D eigenvalue weighted by atomic mass is 10.1. The van der Waals surface area contributed by atoms with Gasteiger partial charge in [-0.05, 0) is 25.8 Å². The van der Waals surface area contributed by atoms with Crippen LogP contribution in [-0.2, 0) is 9.05 Å². The van der Waals surface area contributed by atoms with Crippen LogP contribution in [0.2, 0.25) is 5.15 Å². The Bertz CT molecular complexity index is 780. The Morgan fingerprint density at radius 3 is 2.10 bits per heavy atom. The van der Waals surface area contributed by atoms with E-state index in [0.717, 1.165) is 11.4 Å². The average Bonchev–Trinajstić information content (AvgIpc) is 2.65. The van der Waals surface area contributed by atoms with E-state index in [4.69, 9.17) is 22.3 Å². The summed E-state index contributed by atoms with van der Waals surface area (Å²) in [7, 11) is 1.45. The first-order valence-corrected chi connectivity index (χ1v) is 8.85. The Kier molecular flexibility index (Phi) is 4.28. The van der Waals surface area contributed by atoms with E-state index in [-0.39, 0.29) is 27.6 Å². The molecule has 9 heteroatoms. The van der Waals surface area contributed by atoms with Gasteiger partial charge in [-0.2, -0.15) is 9.78 Å². The fraction of sp³-hybridized carbons (Fsp3) is 0.417. The molecule has 0 saturated carbocycles. The molecule has 2 aromatic heterocycles. The summed E-state index contributed by atoms with van der Waals surface area (Å²) in [6, 6.07) is 1.80. The maximum Gasteiger partial charge on any atom is 0.266 e. The van der Waals surface area contributed by atoms with Gasteiger partial charge in [-0.15, -0.1) is 0 Å². The van der Waals surface area contributed by atoms with Crippen molar-refractivity contribution < 1.29 is 8.42 Å². The third-order valence-corrected chi connectivity index (χ3v) is 4.58. The highest BCUT2D eigenvalue weighted by molar-refractivity contribution is 8.13. The zero-order valence-electron chi connectivity index (χ0n) is 11.9. The highest BCUT2D eigenvalue weighted by Gasteiger charge is 2.29. The predicted octanol–water partition coefficient (Wildman–Crippen LogP) is 2.98. The van der Waals surface area contributed by atoms with Crippen LogP contribution in [0.4, 0.5) is 0 Å². The summed E-state index contributed by atoms with van der Waals surface area (Å²) in [6.07, 6.45) is 0. The van der Waals surface area contributed by atoms with Crippen molar-refractivity contribution in [3.63, 3.8) is 0 Å². The smallest absolute Gasteiger partial charge is 0.216 e. The first-order chi connectivity index (χ1) is 9.61. The summed E-state index contributed by atoms with van der Waals surface area (Å²) in [5.41, 5.74) is 1.74. The van der Waals surface area contributed by atoms with E-state index < -0.39 is 9.05 Å². The van der Waals surface area contributed by atoms with Crippen molar-refractivity contribution in [2.45, 2.75) is 38.5 Å². The van der Waals surface area contributed by atoms with Gasteiger partial charge in [-0.1, -0.05) is 25.4 Å². The Hall–Kier alpha value is -1.18. The fourth-order valence-corrected chi connectivity index (χ4v) is 3.84. The van der Waals surface area contributed by atoms with Crippen LogP contribution in [0.25, 0.3) is 5.95 Å². The molecule has 6 nitrogen and oxygen atoms in total. The highest BCUT2D eigenvalue weighted by atomic mass is 35.7.